The van der Waals surface area contributed by atoms with Crippen LogP contribution in [0, 0.1) is 11.6 Å². The van der Waals surface area contributed by atoms with E-state index in [0.29, 0.717) is 32.1 Å². The summed E-state index contributed by atoms with van der Waals surface area (Å²) in [6.45, 7) is 4.00. The lowest BCUT2D eigenvalue weighted by atomic mass is 10.1. The third-order valence-electron chi connectivity index (χ3n) is 4.90. The number of carbonyl (C=O) groups is 1. The molecule has 3 aromatic rings. The van der Waals surface area contributed by atoms with Crippen molar-refractivity contribution in [2.24, 2.45) is 5.73 Å². The third kappa shape index (κ3) is 4.79. The predicted octanol–water partition coefficient (Wildman–Crippen LogP) is 3.19. The van der Waals surface area contributed by atoms with Crippen LogP contribution in [0.4, 0.5) is 8.78 Å². The normalized spacial score (nSPS) is 14.6. The van der Waals surface area contributed by atoms with Crippen LogP contribution in [0.25, 0.3) is 22.8 Å². The van der Waals surface area contributed by atoms with E-state index in [1.807, 2.05) is 12.1 Å². The Morgan fingerprint density at radius 2 is 1.77 bits per heavy atom. The number of benzene rings is 2. The first kappa shape index (κ1) is 21.1. The van der Waals surface area contributed by atoms with Crippen LogP contribution in [0.15, 0.2) is 46.9 Å². The number of rotatable bonds is 7. The molecule has 0 spiro atoms. The molecule has 0 radical (unpaired) electrons. The van der Waals surface area contributed by atoms with Gasteiger partial charge in [0.2, 0.25) is 5.89 Å². The van der Waals surface area contributed by atoms with E-state index in [1.165, 1.54) is 6.07 Å². The molecule has 162 valence electrons. The van der Waals surface area contributed by atoms with Crippen LogP contribution in [0.3, 0.4) is 0 Å². The summed E-state index contributed by atoms with van der Waals surface area (Å²) >= 11 is 0. The Labute approximate surface area is 177 Å². The van der Waals surface area contributed by atoms with E-state index >= 15 is 0 Å². The summed E-state index contributed by atoms with van der Waals surface area (Å²) in [5, 5.41) is 0. The lowest BCUT2D eigenvalue weighted by Gasteiger charge is -2.26. The number of halogens is 2. The highest BCUT2D eigenvalue weighted by molar-refractivity contribution is 5.97. The Morgan fingerprint density at radius 1 is 1.10 bits per heavy atom. The number of carbonyl (C=O) groups excluding carboxylic acids is 1. The average Bonchev–Trinajstić information content (AvgIpc) is 3.20. The highest BCUT2D eigenvalue weighted by atomic mass is 19.1. The average molecular weight is 429 g/mol. The fourth-order valence-electron chi connectivity index (χ4n) is 3.27. The highest BCUT2D eigenvalue weighted by Crippen LogP contribution is 2.32. The van der Waals surface area contributed by atoms with Gasteiger partial charge in [-0.25, -0.2) is 13.8 Å². The summed E-state index contributed by atoms with van der Waals surface area (Å²) in [6, 6.07) is 10.4. The van der Waals surface area contributed by atoms with Crippen LogP contribution >= 0.6 is 0 Å². The molecule has 0 unspecified atom stereocenters. The molecule has 7 nitrogen and oxygen atoms in total. The number of nitrogens with two attached hydrogens (primary N) is 1. The minimum absolute atomic E-state index is 0.0472. The van der Waals surface area contributed by atoms with Gasteiger partial charge in [-0.1, -0.05) is 30.3 Å². The molecule has 2 heterocycles. The van der Waals surface area contributed by atoms with E-state index in [4.69, 9.17) is 19.6 Å². The summed E-state index contributed by atoms with van der Waals surface area (Å²) in [5.41, 5.74) is 6.16. The van der Waals surface area contributed by atoms with Gasteiger partial charge in [-0.2, -0.15) is 0 Å². The van der Waals surface area contributed by atoms with Crippen molar-refractivity contribution in [2.75, 3.05) is 33.0 Å². The van der Waals surface area contributed by atoms with E-state index in [-0.39, 0.29) is 17.3 Å². The maximum Gasteiger partial charge on any atom is 0.271 e. The maximum atomic E-state index is 14.1. The smallest absolute Gasteiger partial charge is 0.271 e. The SMILES string of the molecule is NC(=O)c1nc(-c2c(F)cccc2F)oc1-c1ccc(COCN2CCOCC2)cc1. The topological polar surface area (TPSA) is 90.8 Å². The molecule has 9 heteroatoms. The zero-order chi connectivity index (χ0) is 21.8. The molecule has 0 saturated carbocycles. The summed E-state index contributed by atoms with van der Waals surface area (Å²) < 4.78 is 44.8. The van der Waals surface area contributed by atoms with Crippen molar-refractivity contribution in [1.29, 1.82) is 0 Å². The van der Waals surface area contributed by atoms with Gasteiger partial charge < -0.3 is 19.6 Å². The van der Waals surface area contributed by atoms with Crippen molar-refractivity contribution >= 4 is 5.91 Å². The molecule has 1 aromatic heterocycles. The van der Waals surface area contributed by atoms with Crippen LogP contribution in [0.5, 0.6) is 0 Å². The fraction of sp³-hybridized carbons (Fsp3) is 0.273. The van der Waals surface area contributed by atoms with Crippen molar-refractivity contribution in [3.8, 4) is 22.8 Å². The van der Waals surface area contributed by atoms with Crippen LogP contribution in [-0.4, -0.2) is 48.8 Å². The second-order valence-corrected chi connectivity index (χ2v) is 7.06. The Morgan fingerprint density at radius 3 is 2.42 bits per heavy atom. The molecule has 0 atom stereocenters. The van der Waals surface area contributed by atoms with E-state index in [9.17, 15) is 13.6 Å². The predicted molar refractivity (Wildman–Crippen MR) is 108 cm³/mol. The summed E-state index contributed by atoms with van der Waals surface area (Å²) in [6.07, 6.45) is 0. The number of oxazole rings is 1. The first-order valence-electron chi connectivity index (χ1n) is 9.75. The Balaban J connectivity index is 1.52. The molecule has 1 fully saturated rings. The quantitative estimate of drug-likeness (QED) is 0.620. The monoisotopic (exact) mass is 429 g/mol. The molecule has 1 saturated heterocycles. The third-order valence-corrected chi connectivity index (χ3v) is 4.90. The number of hydrogen-bond donors (Lipinski definition) is 1. The first-order chi connectivity index (χ1) is 15.0. The minimum atomic E-state index is -0.861. The Kier molecular flexibility index (Phi) is 6.36. The van der Waals surface area contributed by atoms with Crippen molar-refractivity contribution in [3.05, 3.63) is 65.4 Å². The lowest BCUT2D eigenvalue weighted by Crippen LogP contribution is -2.37. The van der Waals surface area contributed by atoms with Gasteiger partial charge in [-0.05, 0) is 17.7 Å². The molecule has 4 rings (SSSR count). The second kappa shape index (κ2) is 9.34. The number of ether oxygens (including phenoxy) is 2. The van der Waals surface area contributed by atoms with Gasteiger partial charge in [0.1, 0.15) is 17.2 Å². The van der Waals surface area contributed by atoms with Crippen molar-refractivity contribution < 1.29 is 27.5 Å². The molecular weight excluding hydrogens is 408 g/mol. The Hall–Kier alpha value is -3.14. The van der Waals surface area contributed by atoms with Crippen molar-refractivity contribution in [3.63, 3.8) is 0 Å². The molecule has 2 N–H and O–H groups in total. The van der Waals surface area contributed by atoms with E-state index in [0.717, 1.165) is 30.8 Å². The highest BCUT2D eigenvalue weighted by Gasteiger charge is 2.24. The van der Waals surface area contributed by atoms with E-state index < -0.39 is 23.1 Å². The summed E-state index contributed by atoms with van der Waals surface area (Å²) in [7, 11) is 0. The van der Waals surface area contributed by atoms with Crippen LogP contribution in [-0.2, 0) is 16.1 Å². The standard InChI is InChI=1S/C22H21F2N3O4/c23-16-2-1-3-17(24)18(16)22-26-19(21(25)28)20(31-22)15-6-4-14(5-7-15)12-30-13-27-8-10-29-11-9-27/h1-7H,8-13H2,(H2,25,28). The number of morpholine rings is 1. The first-order valence-corrected chi connectivity index (χ1v) is 9.75. The summed E-state index contributed by atoms with van der Waals surface area (Å²) in [5.74, 6) is -2.86. The molecule has 0 aliphatic carbocycles. The van der Waals surface area contributed by atoms with Gasteiger partial charge in [-0.3, -0.25) is 9.69 Å². The van der Waals surface area contributed by atoms with Gasteiger partial charge in [0.05, 0.1) is 26.6 Å². The molecule has 1 aliphatic rings. The largest absolute Gasteiger partial charge is 0.435 e. The summed E-state index contributed by atoms with van der Waals surface area (Å²) in [4.78, 5) is 17.9. The second-order valence-electron chi connectivity index (χ2n) is 7.06. The van der Waals surface area contributed by atoms with Gasteiger partial charge in [-0.15, -0.1) is 0 Å². The fourth-order valence-corrected chi connectivity index (χ4v) is 3.27. The molecule has 0 bridgehead atoms. The van der Waals surface area contributed by atoms with Gasteiger partial charge in [0, 0.05) is 18.7 Å². The molecule has 2 aromatic carbocycles. The minimum Gasteiger partial charge on any atom is -0.435 e. The van der Waals surface area contributed by atoms with Crippen LogP contribution < -0.4 is 5.73 Å². The Bertz CT molecular complexity index is 1040. The molecular formula is C22H21F2N3O4. The van der Waals surface area contributed by atoms with Gasteiger partial charge >= 0.3 is 0 Å². The van der Waals surface area contributed by atoms with Crippen LogP contribution in [0.1, 0.15) is 16.1 Å². The van der Waals surface area contributed by atoms with Gasteiger partial charge in [0.25, 0.3) is 5.91 Å². The van der Waals surface area contributed by atoms with Crippen molar-refractivity contribution in [1.82, 2.24) is 9.88 Å². The lowest BCUT2D eigenvalue weighted by molar-refractivity contribution is -0.0378. The van der Waals surface area contributed by atoms with E-state index in [2.05, 4.69) is 9.88 Å². The van der Waals surface area contributed by atoms with E-state index in [1.54, 1.807) is 12.1 Å². The zero-order valence-corrected chi connectivity index (χ0v) is 16.6. The molecule has 31 heavy (non-hydrogen) atoms. The molecule has 1 aliphatic heterocycles. The molecule has 1 amide bonds. The number of nitrogens with zero attached hydrogens (tertiary/aromatic N) is 2. The number of amides is 1. The number of primary amides is 1. The number of hydrogen-bond acceptors (Lipinski definition) is 6. The van der Waals surface area contributed by atoms with Crippen molar-refractivity contribution in [2.45, 2.75) is 6.61 Å². The van der Waals surface area contributed by atoms with Gasteiger partial charge in [0.15, 0.2) is 11.5 Å². The maximum absolute atomic E-state index is 14.1. The zero-order valence-electron chi connectivity index (χ0n) is 16.6. The van der Waals surface area contributed by atoms with Crippen LogP contribution in [0.2, 0.25) is 0 Å². The number of aromatic nitrogens is 1.